The Morgan fingerprint density at radius 3 is 2.67 bits per heavy atom. The molecule has 1 aromatic carbocycles. The van der Waals surface area contributed by atoms with E-state index in [0.717, 1.165) is 35.4 Å². The van der Waals surface area contributed by atoms with Gasteiger partial charge in [-0.1, -0.05) is 24.4 Å². The molecule has 0 unspecified atom stereocenters. The lowest BCUT2D eigenvalue weighted by Crippen LogP contribution is -2.38. The number of anilines is 3. The fourth-order valence-corrected chi connectivity index (χ4v) is 4.15. The summed E-state index contributed by atoms with van der Waals surface area (Å²) in [5.74, 6) is 3.34. The number of aromatic nitrogens is 5. The summed E-state index contributed by atoms with van der Waals surface area (Å²) in [6.07, 6.45) is 6.78. The summed E-state index contributed by atoms with van der Waals surface area (Å²) in [6.45, 7) is 2.70. The Morgan fingerprint density at radius 2 is 1.89 bits per heavy atom. The van der Waals surface area contributed by atoms with Gasteiger partial charge in [0.25, 0.3) is 0 Å². The number of rotatable bonds is 3. The minimum absolute atomic E-state index is 0.493. The Bertz CT molecular complexity index is 976. The number of aryl methyl sites for hydroxylation is 1. The molecule has 1 aliphatic carbocycles. The molecule has 1 fully saturated rings. The first-order valence-electron chi connectivity index (χ1n) is 9.26. The summed E-state index contributed by atoms with van der Waals surface area (Å²) in [5, 5.41) is 12.6. The quantitative estimate of drug-likeness (QED) is 0.738. The maximum atomic E-state index is 5.97. The normalized spacial score (nSPS) is 16.3. The molecule has 0 bridgehead atoms. The lowest BCUT2D eigenvalue weighted by molar-refractivity contribution is 0.566. The Morgan fingerprint density at radius 1 is 1.11 bits per heavy atom. The highest BCUT2D eigenvalue weighted by Gasteiger charge is 2.33. The lowest BCUT2D eigenvalue weighted by atomic mass is 10.1. The SMILES string of the molecule is Cc1nnc2n1-c1cnc(Nc3ccc(Cl)cc3)nc1N(C1CCCC1)C2. The number of nitrogens with zero attached hydrogens (tertiary/aromatic N) is 6. The Labute approximate surface area is 162 Å². The van der Waals surface area contributed by atoms with Crippen molar-refractivity contribution in [3.63, 3.8) is 0 Å². The van der Waals surface area contributed by atoms with Crippen LogP contribution in [-0.4, -0.2) is 30.8 Å². The first-order valence-corrected chi connectivity index (χ1v) is 9.64. The summed E-state index contributed by atoms with van der Waals surface area (Å²) in [5.41, 5.74) is 1.86. The van der Waals surface area contributed by atoms with Gasteiger partial charge in [0.1, 0.15) is 11.5 Å². The Kier molecular flexibility index (Phi) is 3.97. The number of fused-ring (bicyclic) bond motifs is 3. The van der Waals surface area contributed by atoms with Crippen molar-refractivity contribution >= 4 is 29.1 Å². The molecule has 0 amide bonds. The van der Waals surface area contributed by atoms with Crippen molar-refractivity contribution in [3.05, 3.63) is 47.1 Å². The second-order valence-electron chi connectivity index (χ2n) is 7.10. The van der Waals surface area contributed by atoms with Crippen LogP contribution in [0.5, 0.6) is 0 Å². The van der Waals surface area contributed by atoms with Crippen molar-refractivity contribution in [1.29, 1.82) is 0 Å². The molecular formula is C19H20ClN7. The van der Waals surface area contributed by atoms with Crippen molar-refractivity contribution in [2.45, 2.75) is 45.2 Å². The minimum Gasteiger partial charge on any atom is -0.344 e. The van der Waals surface area contributed by atoms with Gasteiger partial charge in [0, 0.05) is 16.8 Å². The fourth-order valence-electron chi connectivity index (χ4n) is 4.03. The van der Waals surface area contributed by atoms with Crippen LogP contribution < -0.4 is 10.2 Å². The van der Waals surface area contributed by atoms with Gasteiger partial charge >= 0.3 is 0 Å². The van der Waals surface area contributed by atoms with Gasteiger partial charge in [-0.25, -0.2) is 4.98 Å². The largest absolute Gasteiger partial charge is 0.344 e. The zero-order valence-corrected chi connectivity index (χ0v) is 15.8. The molecule has 1 aliphatic heterocycles. The number of hydrogen-bond donors (Lipinski definition) is 1. The van der Waals surface area contributed by atoms with Crippen molar-refractivity contribution in [1.82, 2.24) is 24.7 Å². The van der Waals surface area contributed by atoms with Crippen LogP contribution in [0.3, 0.4) is 0 Å². The lowest BCUT2D eigenvalue weighted by Gasteiger charge is -2.35. The van der Waals surface area contributed by atoms with Crippen LogP contribution in [0.25, 0.3) is 5.69 Å². The molecule has 1 saturated carbocycles. The van der Waals surface area contributed by atoms with Crippen LogP contribution in [0, 0.1) is 6.92 Å². The molecule has 5 rings (SSSR count). The van der Waals surface area contributed by atoms with Gasteiger partial charge in [-0.05, 0) is 44.0 Å². The third-order valence-corrected chi connectivity index (χ3v) is 5.58. The van der Waals surface area contributed by atoms with Crippen LogP contribution in [0.15, 0.2) is 30.5 Å². The van der Waals surface area contributed by atoms with Crippen molar-refractivity contribution in [2.24, 2.45) is 0 Å². The summed E-state index contributed by atoms with van der Waals surface area (Å²) in [7, 11) is 0. The molecule has 0 spiro atoms. The van der Waals surface area contributed by atoms with E-state index in [4.69, 9.17) is 16.6 Å². The molecule has 0 saturated heterocycles. The molecule has 2 aliphatic rings. The van der Waals surface area contributed by atoms with Gasteiger partial charge in [-0.2, -0.15) is 4.98 Å². The van der Waals surface area contributed by atoms with E-state index in [-0.39, 0.29) is 0 Å². The Hall–Kier alpha value is -2.67. The summed E-state index contributed by atoms with van der Waals surface area (Å²) in [4.78, 5) is 11.8. The van der Waals surface area contributed by atoms with E-state index in [1.165, 1.54) is 25.7 Å². The maximum Gasteiger partial charge on any atom is 0.229 e. The molecule has 3 aromatic rings. The van der Waals surface area contributed by atoms with Crippen molar-refractivity contribution < 1.29 is 0 Å². The van der Waals surface area contributed by atoms with Gasteiger partial charge in [-0.3, -0.25) is 4.57 Å². The van der Waals surface area contributed by atoms with E-state index in [9.17, 15) is 0 Å². The van der Waals surface area contributed by atoms with Crippen LogP contribution >= 0.6 is 11.6 Å². The van der Waals surface area contributed by atoms with E-state index >= 15 is 0 Å². The van der Waals surface area contributed by atoms with Crippen LogP contribution in [0.2, 0.25) is 5.02 Å². The number of halogens is 1. The second kappa shape index (κ2) is 6.49. The van der Waals surface area contributed by atoms with E-state index in [2.05, 4.69) is 30.0 Å². The van der Waals surface area contributed by atoms with Crippen molar-refractivity contribution in [2.75, 3.05) is 10.2 Å². The van der Waals surface area contributed by atoms with Crippen LogP contribution in [0.4, 0.5) is 17.5 Å². The summed E-state index contributed by atoms with van der Waals surface area (Å²) in [6, 6.07) is 8.02. The molecular weight excluding hydrogens is 362 g/mol. The molecule has 0 atom stereocenters. The zero-order valence-electron chi connectivity index (χ0n) is 15.1. The highest BCUT2D eigenvalue weighted by Crippen LogP contribution is 2.36. The maximum absolute atomic E-state index is 5.97. The number of hydrogen-bond acceptors (Lipinski definition) is 6. The summed E-state index contributed by atoms with van der Waals surface area (Å²) < 4.78 is 2.06. The minimum atomic E-state index is 0.493. The highest BCUT2D eigenvalue weighted by atomic mass is 35.5. The van der Waals surface area contributed by atoms with E-state index < -0.39 is 0 Å². The first kappa shape index (κ1) is 16.5. The standard InChI is InChI=1S/C19H20ClN7/c1-12-24-25-17-11-26(15-4-2-3-5-15)18-16(27(12)17)10-21-19(23-18)22-14-8-6-13(20)7-9-14/h6-10,15H,2-5,11H2,1H3,(H,21,22,23). The predicted octanol–water partition coefficient (Wildman–Crippen LogP) is 4.03. The average molecular weight is 382 g/mol. The predicted molar refractivity (Wildman–Crippen MR) is 105 cm³/mol. The van der Waals surface area contributed by atoms with E-state index in [1.807, 2.05) is 37.4 Å². The molecule has 138 valence electrons. The smallest absolute Gasteiger partial charge is 0.229 e. The second-order valence-corrected chi connectivity index (χ2v) is 7.54. The van der Waals surface area contributed by atoms with Gasteiger partial charge in [0.05, 0.1) is 12.7 Å². The first-order chi connectivity index (χ1) is 13.2. The molecule has 27 heavy (non-hydrogen) atoms. The molecule has 2 aromatic heterocycles. The van der Waals surface area contributed by atoms with Crippen LogP contribution in [0.1, 0.15) is 37.3 Å². The summed E-state index contributed by atoms with van der Waals surface area (Å²) >= 11 is 5.97. The monoisotopic (exact) mass is 381 g/mol. The van der Waals surface area contributed by atoms with Crippen LogP contribution in [-0.2, 0) is 6.54 Å². The van der Waals surface area contributed by atoms with Gasteiger partial charge in [0.2, 0.25) is 5.95 Å². The van der Waals surface area contributed by atoms with Gasteiger partial charge in [-0.15, -0.1) is 10.2 Å². The van der Waals surface area contributed by atoms with E-state index in [0.29, 0.717) is 17.0 Å². The van der Waals surface area contributed by atoms with E-state index in [1.54, 1.807) is 0 Å². The third-order valence-electron chi connectivity index (χ3n) is 5.33. The topological polar surface area (TPSA) is 71.8 Å². The molecule has 7 nitrogen and oxygen atoms in total. The number of nitrogens with one attached hydrogen (secondary N) is 1. The van der Waals surface area contributed by atoms with Gasteiger partial charge < -0.3 is 10.2 Å². The average Bonchev–Trinajstić information content (AvgIpc) is 3.33. The van der Waals surface area contributed by atoms with Crippen molar-refractivity contribution in [3.8, 4) is 5.69 Å². The fraction of sp³-hybridized carbons (Fsp3) is 0.368. The number of benzene rings is 1. The molecule has 8 heteroatoms. The molecule has 0 radical (unpaired) electrons. The highest BCUT2D eigenvalue weighted by molar-refractivity contribution is 6.30. The Balaban J connectivity index is 1.55. The molecule has 3 heterocycles. The van der Waals surface area contributed by atoms with Gasteiger partial charge in [0.15, 0.2) is 11.6 Å². The third kappa shape index (κ3) is 2.92. The zero-order chi connectivity index (χ0) is 18.4. The molecule has 1 N–H and O–H groups in total.